The van der Waals surface area contributed by atoms with Crippen molar-refractivity contribution in [3.63, 3.8) is 0 Å². The number of carboxylic acids is 1. The fraction of sp³-hybridized carbons (Fsp3) is 0. The zero-order chi connectivity index (χ0) is 13.3. The first-order valence-electron chi connectivity index (χ1n) is 4.97. The first kappa shape index (κ1) is 12.5. The van der Waals surface area contributed by atoms with E-state index in [1.807, 2.05) is 0 Å². The first-order chi connectivity index (χ1) is 8.49. The fourth-order valence-corrected chi connectivity index (χ4v) is 1.82. The van der Waals surface area contributed by atoms with Gasteiger partial charge in [-0.1, -0.05) is 23.7 Å². The molecule has 0 bridgehead atoms. The van der Waals surface area contributed by atoms with Crippen LogP contribution in [-0.4, -0.2) is 11.1 Å². The summed E-state index contributed by atoms with van der Waals surface area (Å²) in [6, 6.07) is 7.64. The molecule has 18 heavy (non-hydrogen) atoms. The van der Waals surface area contributed by atoms with E-state index in [-0.39, 0.29) is 16.1 Å². The van der Waals surface area contributed by atoms with Crippen molar-refractivity contribution in [2.75, 3.05) is 0 Å². The van der Waals surface area contributed by atoms with E-state index in [1.165, 1.54) is 18.2 Å². The van der Waals surface area contributed by atoms with Crippen LogP contribution >= 0.6 is 11.6 Å². The van der Waals surface area contributed by atoms with Gasteiger partial charge in [-0.05, 0) is 29.8 Å². The Bertz CT molecular complexity index is 626. The minimum absolute atomic E-state index is 0.0245. The van der Waals surface area contributed by atoms with Gasteiger partial charge in [0.2, 0.25) is 0 Å². The van der Waals surface area contributed by atoms with Crippen LogP contribution < -0.4 is 0 Å². The van der Waals surface area contributed by atoms with E-state index in [9.17, 15) is 13.6 Å². The third-order valence-electron chi connectivity index (χ3n) is 2.43. The molecule has 0 saturated heterocycles. The van der Waals surface area contributed by atoms with Gasteiger partial charge in [-0.2, -0.15) is 0 Å². The van der Waals surface area contributed by atoms with Gasteiger partial charge in [0.1, 0.15) is 0 Å². The highest BCUT2D eigenvalue weighted by atomic mass is 35.5. The molecular formula is C13H7ClF2O2. The average molecular weight is 269 g/mol. The highest BCUT2D eigenvalue weighted by Gasteiger charge is 2.11. The van der Waals surface area contributed by atoms with E-state index in [0.29, 0.717) is 5.56 Å². The van der Waals surface area contributed by atoms with Gasteiger partial charge in [0.05, 0.1) is 10.6 Å². The standard InChI is InChI=1S/C13H7ClF2O2/c14-10-6-12(16)11(15)5-9(10)7-2-1-3-8(4-7)13(17)18/h1-6H,(H,17,18). The van der Waals surface area contributed by atoms with E-state index in [1.54, 1.807) is 6.07 Å². The Morgan fingerprint density at radius 3 is 2.44 bits per heavy atom. The van der Waals surface area contributed by atoms with Gasteiger partial charge >= 0.3 is 5.97 Å². The summed E-state index contributed by atoms with van der Waals surface area (Å²) in [5.74, 6) is -3.18. The van der Waals surface area contributed by atoms with Crippen LogP contribution in [-0.2, 0) is 0 Å². The number of carbonyl (C=O) groups is 1. The molecule has 0 saturated carbocycles. The van der Waals surface area contributed by atoms with Gasteiger partial charge in [-0.25, -0.2) is 13.6 Å². The van der Waals surface area contributed by atoms with E-state index >= 15 is 0 Å². The van der Waals surface area contributed by atoms with Crippen molar-refractivity contribution in [1.29, 1.82) is 0 Å². The van der Waals surface area contributed by atoms with Crippen LogP contribution in [0, 0.1) is 11.6 Å². The molecule has 2 rings (SSSR count). The number of rotatable bonds is 2. The zero-order valence-corrected chi connectivity index (χ0v) is 9.71. The molecule has 2 nitrogen and oxygen atoms in total. The zero-order valence-electron chi connectivity index (χ0n) is 8.95. The second-order valence-corrected chi connectivity index (χ2v) is 4.04. The van der Waals surface area contributed by atoms with Crippen LogP contribution in [0.15, 0.2) is 36.4 Å². The third-order valence-corrected chi connectivity index (χ3v) is 2.74. The second kappa shape index (κ2) is 4.74. The molecule has 0 unspecified atom stereocenters. The summed E-state index contributed by atoms with van der Waals surface area (Å²) in [6.07, 6.45) is 0. The van der Waals surface area contributed by atoms with Crippen molar-refractivity contribution in [3.05, 3.63) is 58.6 Å². The van der Waals surface area contributed by atoms with Crippen molar-refractivity contribution >= 4 is 17.6 Å². The topological polar surface area (TPSA) is 37.3 Å². The van der Waals surface area contributed by atoms with Crippen LogP contribution in [0.5, 0.6) is 0 Å². The SMILES string of the molecule is O=C(O)c1cccc(-c2cc(F)c(F)cc2Cl)c1. The lowest BCUT2D eigenvalue weighted by atomic mass is 10.0. The van der Waals surface area contributed by atoms with Gasteiger partial charge in [0, 0.05) is 5.56 Å². The lowest BCUT2D eigenvalue weighted by Gasteiger charge is -2.06. The molecule has 0 aromatic heterocycles. The molecule has 0 atom stereocenters. The number of aromatic carboxylic acids is 1. The van der Waals surface area contributed by atoms with E-state index in [0.717, 1.165) is 12.1 Å². The van der Waals surface area contributed by atoms with Crippen LogP contribution in [0.1, 0.15) is 10.4 Å². The lowest BCUT2D eigenvalue weighted by Crippen LogP contribution is -1.96. The Morgan fingerprint density at radius 2 is 1.78 bits per heavy atom. The molecule has 92 valence electrons. The Balaban J connectivity index is 2.58. The van der Waals surface area contributed by atoms with Gasteiger partial charge < -0.3 is 5.11 Å². The molecule has 0 aliphatic heterocycles. The molecule has 0 aliphatic rings. The van der Waals surface area contributed by atoms with Crippen LogP contribution in [0.4, 0.5) is 8.78 Å². The molecule has 2 aromatic carbocycles. The van der Waals surface area contributed by atoms with Gasteiger partial charge in [0.25, 0.3) is 0 Å². The normalized spacial score (nSPS) is 10.4. The first-order valence-corrected chi connectivity index (χ1v) is 5.35. The number of benzene rings is 2. The monoisotopic (exact) mass is 268 g/mol. The van der Waals surface area contributed by atoms with Gasteiger partial charge in [-0.3, -0.25) is 0 Å². The molecule has 0 amide bonds. The summed E-state index contributed by atoms with van der Waals surface area (Å²) in [7, 11) is 0. The van der Waals surface area contributed by atoms with Crippen LogP contribution in [0.3, 0.4) is 0 Å². The third kappa shape index (κ3) is 2.33. The van der Waals surface area contributed by atoms with Gasteiger partial charge in [0.15, 0.2) is 11.6 Å². The lowest BCUT2D eigenvalue weighted by molar-refractivity contribution is 0.0697. The predicted molar refractivity (Wildman–Crippen MR) is 63.8 cm³/mol. The molecule has 1 N–H and O–H groups in total. The molecule has 0 fully saturated rings. The highest BCUT2D eigenvalue weighted by Crippen LogP contribution is 2.30. The molecule has 0 heterocycles. The number of halogens is 3. The van der Waals surface area contributed by atoms with Crippen LogP contribution in [0.25, 0.3) is 11.1 Å². The van der Waals surface area contributed by atoms with E-state index in [2.05, 4.69) is 0 Å². The largest absolute Gasteiger partial charge is 0.478 e. The number of carboxylic acid groups (broad SMARTS) is 1. The maximum Gasteiger partial charge on any atom is 0.335 e. The summed E-state index contributed by atoms with van der Waals surface area (Å²) in [5, 5.41) is 8.88. The summed E-state index contributed by atoms with van der Waals surface area (Å²) >= 11 is 5.81. The Hall–Kier alpha value is -1.94. The van der Waals surface area contributed by atoms with Crippen molar-refractivity contribution in [3.8, 4) is 11.1 Å². The van der Waals surface area contributed by atoms with Crippen molar-refractivity contribution in [2.24, 2.45) is 0 Å². The molecular weight excluding hydrogens is 262 g/mol. The van der Waals surface area contributed by atoms with Crippen molar-refractivity contribution in [2.45, 2.75) is 0 Å². The second-order valence-electron chi connectivity index (χ2n) is 3.63. The summed E-state index contributed by atoms with van der Waals surface area (Å²) in [6.45, 7) is 0. The maximum absolute atomic E-state index is 13.2. The van der Waals surface area contributed by atoms with Crippen LogP contribution in [0.2, 0.25) is 5.02 Å². The predicted octanol–water partition coefficient (Wildman–Crippen LogP) is 3.98. The number of hydrogen-bond donors (Lipinski definition) is 1. The average Bonchev–Trinajstić information content (AvgIpc) is 2.34. The molecule has 0 aliphatic carbocycles. The fourth-order valence-electron chi connectivity index (χ4n) is 1.56. The smallest absolute Gasteiger partial charge is 0.335 e. The van der Waals surface area contributed by atoms with Crippen molar-refractivity contribution < 1.29 is 18.7 Å². The Kier molecular flexibility index (Phi) is 3.30. The van der Waals surface area contributed by atoms with Gasteiger partial charge in [-0.15, -0.1) is 0 Å². The molecule has 0 radical (unpaired) electrons. The number of hydrogen-bond acceptors (Lipinski definition) is 1. The summed E-state index contributed by atoms with van der Waals surface area (Å²) in [4.78, 5) is 10.8. The molecule has 0 spiro atoms. The molecule has 2 aromatic rings. The summed E-state index contributed by atoms with van der Waals surface area (Å²) < 4.78 is 26.1. The molecule has 5 heteroatoms. The van der Waals surface area contributed by atoms with E-state index in [4.69, 9.17) is 16.7 Å². The Labute approximate surface area is 106 Å². The maximum atomic E-state index is 13.2. The minimum atomic E-state index is -1.10. The van der Waals surface area contributed by atoms with E-state index < -0.39 is 17.6 Å². The Morgan fingerprint density at radius 1 is 1.11 bits per heavy atom. The quantitative estimate of drug-likeness (QED) is 0.837. The minimum Gasteiger partial charge on any atom is -0.478 e. The summed E-state index contributed by atoms with van der Waals surface area (Å²) in [5.41, 5.74) is 0.714. The highest BCUT2D eigenvalue weighted by molar-refractivity contribution is 6.33. The van der Waals surface area contributed by atoms with Crippen molar-refractivity contribution in [1.82, 2.24) is 0 Å².